The van der Waals surface area contributed by atoms with E-state index in [-0.39, 0.29) is 22.8 Å². The Bertz CT molecular complexity index is 700. The highest BCUT2D eigenvalue weighted by molar-refractivity contribution is 6.37. The quantitative estimate of drug-likeness (QED) is 0.228. The van der Waals surface area contributed by atoms with Crippen LogP contribution in [-0.4, -0.2) is 41.7 Å². The molecule has 6 heteroatoms. The first-order valence-corrected chi connectivity index (χ1v) is 14.0. The summed E-state index contributed by atoms with van der Waals surface area (Å²) in [5, 5.41) is 0. The molecule has 38 heavy (non-hydrogen) atoms. The second kappa shape index (κ2) is 29.3. The number of carbonyl (C=O) groups is 5. The number of hydrogen-bond donors (Lipinski definition) is 0. The Labute approximate surface area is 235 Å². The van der Waals surface area contributed by atoms with Crippen molar-refractivity contribution in [3.8, 4) is 0 Å². The SMILES string of the molecule is CC.CC(=O)C1(C)CCC1.CC=C(C)C(C)=O.CCC(C)CC(C)=O.CCCC(C)=O.CN=C(C)C(C)=O. The summed E-state index contributed by atoms with van der Waals surface area (Å²) < 4.78 is 0. The summed E-state index contributed by atoms with van der Waals surface area (Å²) in [5.74, 6) is 1.73. The topological polar surface area (TPSA) is 97.7 Å². The first kappa shape index (κ1) is 45.7. The van der Waals surface area contributed by atoms with Gasteiger partial charge in [0.1, 0.15) is 17.3 Å². The van der Waals surface area contributed by atoms with Gasteiger partial charge in [0.15, 0.2) is 11.6 Å². The summed E-state index contributed by atoms with van der Waals surface area (Å²) in [6.45, 7) is 25.6. The largest absolute Gasteiger partial charge is 0.300 e. The van der Waals surface area contributed by atoms with Crippen LogP contribution in [0.1, 0.15) is 142 Å². The molecule has 1 atom stereocenters. The molecule has 1 unspecified atom stereocenters. The highest BCUT2D eigenvalue weighted by atomic mass is 16.1. The smallest absolute Gasteiger partial charge is 0.173 e. The summed E-state index contributed by atoms with van der Waals surface area (Å²) in [4.78, 5) is 55.4. The van der Waals surface area contributed by atoms with Crippen LogP contribution in [-0.2, 0) is 24.0 Å². The molecule has 1 saturated carbocycles. The number of aliphatic imine (C=N–C) groups is 1. The van der Waals surface area contributed by atoms with Gasteiger partial charge in [-0.15, -0.1) is 0 Å². The Morgan fingerprint density at radius 3 is 1.32 bits per heavy atom. The van der Waals surface area contributed by atoms with Gasteiger partial charge in [-0.25, -0.2) is 0 Å². The fraction of sp³-hybridized carbons (Fsp3) is 0.750. The second-order valence-electron chi connectivity index (χ2n) is 9.74. The van der Waals surface area contributed by atoms with Gasteiger partial charge in [0, 0.05) is 32.2 Å². The van der Waals surface area contributed by atoms with Gasteiger partial charge < -0.3 is 9.59 Å². The standard InChI is InChI=1S/C7H12O.C7H14O.C6H10O.C5H9NO.C5H10O.C2H6/c1-6(8)7(2)4-3-5-7;1-4-6(2)5-7(3)8;1-4-5(2)6(3)7;1-4(6-3)5(2)7;1-3-4-5(2)6;1-2/h3-5H2,1-2H3;6H,4-5H2,1-3H3;4H,1-3H3;1-3H3;3-4H2,1-2H3;1-2H3. The van der Waals surface area contributed by atoms with Crippen LogP contribution < -0.4 is 0 Å². The summed E-state index contributed by atoms with van der Waals surface area (Å²) in [5.41, 5.74) is 1.50. The molecule has 0 radical (unpaired) electrons. The van der Waals surface area contributed by atoms with E-state index in [4.69, 9.17) is 0 Å². The fourth-order valence-corrected chi connectivity index (χ4v) is 2.41. The predicted molar refractivity (Wildman–Crippen MR) is 164 cm³/mol. The van der Waals surface area contributed by atoms with Gasteiger partial charge >= 0.3 is 0 Å². The molecule has 0 heterocycles. The number of rotatable bonds is 8. The summed E-state index contributed by atoms with van der Waals surface area (Å²) in [6, 6.07) is 0. The van der Waals surface area contributed by atoms with E-state index in [1.54, 1.807) is 41.7 Å². The van der Waals surface area contributed by atoms with Crippen LogP contribution in [0.2, 0.25) is 0 Å². The van der Waals surface area contributed by atoms with Gasteiger partial charge in [0.25, 0.3) is 0 Å². The van der Waals surface area contributed by atoms with Crippen LogP contribution in [0.4, 0.5) is 0 Å². The molecule has 0 aromatic rings. The molecule has 0 bridgehead atoms. The van der Waals surface area contributed by atoms with Crippen molar-refractivity contribution in [3.05, 3.63) is 11.6 Å². The molecule has 224 valence electrons. The van der Waals surface area contributed by atoms with E-state index in [0.717, 1.165) is 44.1 Å². The second-order valence-corrected chi connectivity index (χ2v) is 9.74. The molecule has 0 aromatic heterocycles. The van der Waals surface area contributed by atoms with Crippen molar-refractivity contribution >= 4 is 34.6 Å². The number of carbonyl (C=O) groups excluding carboxylic acids is 5. The average molecular weight is 540 g/mol. The van der Waals surface area contributed by atoms with E-state index in [1.165, 1.54) is 13.3 Å². The van der Waals surface area contributed by atoms with Gasteiger partial charge in [-0.3, -0.25) is 19.4 Å². The number of Topliss-reactive ketones (excluding diaryl/α,β-unsaturated/α-hetero) is 5. The molecule has 1 fully saturated rings. The van der Waals surface area contributed by atoms with E-state index in [1.807, 2.05) is 40.7 Å². The fourth-order valence-electron chi connectivity index (χ4n) is 2.41. The first-order chi connectivity index (χ1) is 17.4. The molecule has 0 saturated heterocycles. The van der Waals surface area contributed by atoms with Crippen LogP contribution in [0.5, 0.6) is 0 Å². The lowest BCUT2D eigenvalue weighted by Gasteiger charge is -2.35. The van der Waals surface area contributed by atoms with Gasteiger partial charge in [0.2, 0.25) is 0 Å². The third-order valence-electron chi connectivity index (χ3n) is 6.08. The zero-order valence-electron chi connectivity index (χ0n) is 27.6. The van der Waals surface area contributed by atoms with Crippen molar-refractivity contribution in [2.45, 2.75) is 142 Å². The van der Waals surface area contributed by atoms with Gasteiger partial charge in [0.05, 0.1) is 5.71 Å². The molecule has 1 aliphatic rings. The van der Waals surface area contributed by atoms with E-state index < -0.39 is 0 Å². The van der Waals surface area contributed by atoms with Crippen molar-refractivity contribution in [3.63, 3.8) is 0 Å². The van der Waals surface area contributed by atoms with Crippen molar-refractivity contribution in [2.75, 3.05) is 7.05 Å². The Morgan fingerprint density at radius 1 is 0.842 bits per heavy atom. The Hall–Kier alpha value is -2.24. The maximum Gasteiger partial charge on any atom is 0.173 e. The van der Waals surface area contributed by atoms with E-state index in [9.17, 15) is 24.0 Å². The molecular weight excluding hydrogens is 478 g/mol. The minimum atomic E-state index is 0.0440. The van der Waals surface area contributed by atoms with Gasteiger partial charge in [-0.1, -0.05) is 60.5 Å². The lowest BCUT2D eigenvalue weighted by Crippen LogP contribution is -2.32. The highest BCUT2D eigenvalue weighted by Crippen LogP contribution is 2.40. The minimum Gasteiger partial charge on any atom is -0.300 e. The molecule has 0 spiro atoms. The first-order valence-electron chi connectivity index (χ1n) is 14.0. The summed E-state index contributed by atoms with van der Waals surface area (Å²) in [7, 11) is 1.61. The third kappa shape index (κ3) is 33.8. The molecular formula is C32H61NO5. The summed E-state index contributed by atoms with van der Waals surface area (Å²) in [6.07, 6.45) is 8.86. The van der Waals surface area contributed by atoms with Crippen molar-refractivity contribution in [1.82, 2.24) is 0 Å². The predicted octanol–water partition coefficient (Wildman–Crippen LogP) is 8.39. The van der Waals surface area contributed by atoms with E-state index in [0.29, 0.717) is 23.2 Å². The average Bonchev–Trinajstić information content (AvgIpc) is 2.83. The number of ketones is 5. The Balaban J connectivity index is -0.000000118. The van der Waals surface area contributed by atoms with Crippen LogP contribution in [0.15, 0.2) is 16.6 Å². The minimum absolute atomic E-state index is 0.0440. The van der Waals surface area contributed by atoms with Gasteiger partial charge in [-0.2, -0.15) is 0 Å². The number of nitrogens with zero attached hydrogens (tertiary/aromatic N) is 1. The van der Waals surface area contributed by atoms with E-state index >= 15 is 0 Å². The Kier molecular flexibility index (Phi) is 35.2. The lowest BCUT2D eigenvalue weighted by atomic mass is 9.68. The molecule has 0 aromatic carbocycles. The maximum absolute atomic E-state index is 10.7. The lowest BCUT2D eigenvalue weighted by molar-refractivity contribution is -0.129. The third-order valence-corrected chi connectivity index (χ3v) is 6.08. The van der Waals surface area contributed by atoms with Crippen molar-refractivity contribution in [2.24, 2.45) is 16.3 Å². The molecule has 1 aliphatic carbocycles. The molecule has 6 nitrogen and oxygen atoms in total. The maximum atomic E-state index is 10.7. The molecule has 0 N–H and O–H groups in total. The van der Waals surface area contributed by atoms with Gasteiger partial charge in [-0.05, 0) is 79.2 Å². The summed E-state index contributed by atoms with van der Waals surface area (Å²) >= 11 is 0. The molecule has 1 rings (SSSR count). The monoisotopic (exact) mass is 539 g/mol. The number of hydrogen-bond acceptors (Lipinski definition) is 6. The van der Waals surface area contributed by atoms with Crippen molar-refractivity contribution in [1.29, 1.82) is 0 Å². The number of allylic oxidation sites excluding steroid dienone is 2. The molecule has 0 aliphatic heterocycles. The molecule has 0 amide bonds. The van der Waals surface area contributed by atoms with Crippen LogP contribution in [0.3, 0.4) is 0 Å². The Morgan fingerprint density at radius 2 is 1.29 bits per heavy atom. The van der Waals surface area contributed by atoms with Crippen molar-refractivity contribution < 1.29 is 24.0 Å². The highest BCUT2D eigenvalue weighted by Gasteiger charge is 2.35. The van der Waals surface area contributed by atoms with Crippen LogP contribution >= 0.6 is 0 Å². The zero-order valence-corrected chi connectivity index (χ0v) is 27.6. The van der Waals surface area contributed by atoms with E-state index in [2.05, 4.69) is 25.8 Å². The van der Waals surface area contributed by atoms with Crippen LogP contribution in [0, 0.1) is 11.3 Å². The zero-order chi connectivity index (χ0) is 31.5. The van der Waals surface area contributed by atoms with Crippen LogP contribution in [0.25, 0.3) is 0 Å². The normalized spacial score (nSPS) is 13.7.